The number of Topliss-reactive ketones (excluding diaryl/α,β-unsaturated/α-hetero) is 2. The van der Waals surface area contributed by atoms with E-state index < -0.39 is 17.5 Å². The summed E-state index contributed by atoms with van der Waals surface area (Å²) in [6, 6.07) is 0. The molecule has 0 atom stereocenters. The van der Waals surface area contributed by atoms with Crippen molar-refractivity contribution in [2.45, 2.75) is 64.7 Å². The van der Waals surface area contributed by atoms with Crippen molar-refractivity contribution >= 4 is 65.3 Å². The average Bonchev–Trinajstić information content (AvgIpc) is 2.57. The molecule has 1 aliphatic rings. The number of hydrogen-bond acceptors (Lipinski definition) is 4. The van der Waals surface area contributed by atoms with Crippen LogP contribution in [0.5, 0.6) is 0 Å². The summed E-state index contributed by atoms with van der Waals surface area (Å²) in [5.41, 5.74) is 0. The standard InChI is InChI=1S/C17H21Br3O4/c1-2-3-4-5-6-7-8-9-10-11(21)24-17-14(20)15(22)12(18)13(19)16(17)23/h2-10H2,1H3. The lowest BCUT2D eigenvalue weighted by Gasteiger charge is -2.15. The SMILES string of the molecule is CCCCCCCCCCC(=O)OC1=C(Br)C(=O)C(Br)=C(Br)C1=O. The van der Waals surface area contributed by atoms with Gasteiger partial charge >= 0.3 is 5.97 Å². The molecule has 0 aliphatic heterocycles. The van der Waals surface area contributed by atoms with Gasteiger partial charge in [-0.3, -0.25) is 14.4 Å². The van der Waals surface area contributed by atoms with Crippen molar-refractivity contribution in [2.24, 2.45) is 0 Å². The van der Waals surface area contributed by atoms with Crippen molar-refractivity contribution in [2.75, 3.05) is 0 Å². The Bertz CT molecular complexity index is 564. The molecule has 0 aromatic carbocycles. The Morgan fingerprint density at radius 2 is 1.29 bits per heavy atom. The van der Waals surface area contributed by atoms with Gasteiger partial charge in [0.15, 0.2) is 5.76 Å². The van der Waals surface area contributed by atoms with E-state index >= 15 is 0 Å². The minimum absolute atomic E-state index is 0.0353. The van der Waals surface area contributed by atoms with E-state index in [1.54, 1.807) is 0 Å². The van der Waals surface area contributed by atoms with Gasteiger partial charge < -0.3 is 4.74 Å². The highest BCUT2D eigenvalue weighted by Crippen LogP contribution is 2.34. The third kappa shape index (κ3) is 6.56. The van der Waals surface area contributed by atoms with E-state index in [0.29, 0.717) is 0 Å². The monoisotopic (exact) mass is 526 g/mol. The molecule has 1 aliphatic carbocycles. The van der Waals surface area contributed by atoms with Gasteiger partial charge in [0.25, 0.3) is 0 Å². The van der Waals surface area contributed by atoms with Crippen LogP contribution in [-0.4, -0.2) is 17.5 Å². The molecule has 0 aromatic heterocycles. The third-order valence-electron chi connectivity index (χ3n) is 3.65. The highest BCUT2D eigenvalue weighted by Gasteiger charge is 2.34. The third-order valence-corrected chi connectivity index (χ3v) is 6.41. The van der Waals surface area contributed by atoms with E-state index in [1.807, 2.05) is 0 Å². The van der Waals surface area contributed by atoms with Gasteiger partial charge in [-0.15, -0.1) is 0 Å². The molecule has 134 valence electrons. The lowest BCUT2D eigenvalue weighted by molar-refractivity contribution is -0.142. The van der Waals surface area contributed by atoms with E-state index in [-0.39, 0.29) is 25.6 Å². The number of halogens is 3. The second kappa shape index (κ2) is 11.4. The smallest absolute Gasteiger partial charge is 0.311 e. The van der Waals surface area contributed by atoms with Gasteiger partial charge in [-0.05, 0) is 54.2 Å². The number of esters is 1. The maximum Gasteiger partial charge on any atom is 0.311 e. The molecule has 0 unspecified atom stereocenters. The second-order valence-electron chi connectivity index (χ2n) is 5.63. The fourth-order valence-corrected chi connectivity index (χ4v) is 3.72. The van der Waals surface area contributed by atoms with E-state index in [1.165, 1.54) is 32.1 Å². The van der Waals surface area contributed by atoms with Crippen molar-refractivity contribution in [3.8, 4) is 0 Å². The van der Waals surface area contributed by atoms with Gasteiger partial charge in [-0.25, -0.2) is 0 Å². The lowest BCUT2D eigenvalue weighted by atomic mass is 10.1. The van der Waals surface area contributed by atoms with Crippen molar-refractivity contribution in [3.05, 3.63) is 19.2 Å². The quantitative estimate of drug-likeness (QED) is 0.204. The zero-order valence-electron chi connectivity index (χ0n) is 13.6. The average molecular weight is 529 g/mol. The van der Waals surface area contributed by atoms with Gasteiger partial charge in [-0.2, -0.15) is 0 Å². The first-order valence-corrected chi connectivity index (χ1v) is 10.5. The van der Waals surface area contributed by atoms with Crippen LogP contribution < -0.4 is 0 Å². The summed E-state index contributed by atoms with van der Waals surface area (Å²) < 4.78 is 5.24. The van der Waals surface area contributed by atoms with Gasteiger partial charge in [0.1, 0.15) is 4.48 Å². The van der Waals surface area contributed by atoms with Gasteiger partial charge in [0, 0.05) is 6.42 Å². The summed E-state index contributed by atoms with van der Waals surface area (Å²) in [6.45, 7) is 2.19. The van der Waals surface area contributed by atoms with Gasteiger partial charge in [-0.1, -0.05) is 51.9 Å². The number of carbonyl (C=O) groups is 3. The molecule has 0 saturated carbocycles. The Balaban J connectivity index is 2.35. The molecule has 0 bridgehead atoms. The van der Waals surface area contributed by atoms with Crippen LogP contribution in [0.25, 0.3) is 0 Å². The molecule has 0 fully saturated rings. The van der Waals surface area contributed by atoms with Crippen molar-refractivity contribution in [1.29, 1.82) is 0 Å². The molecule has 4 nitrogen and oxygen atoms in total. The predicted molar refractivity (Wildman–Crippen MR) is 104 cm³/mol. The maximum atomic E-state index is 12.1. The summed E-state index contributed by atoms with van der Waals surface area (Å²) in [6.07, 6.45) is 9.24. The van der Waals surface area contributed by atoms with Crippen LogP contribution in [0.2, 0.25) is 0 Å². The Hall–Kier alpha value is -0.270. The highest BCUT2D eigenvalue weighted by molar-refractivity contribution is 9.15. The zero-order valence-corrected chi connectivity index (χ0v) is 18.4. The molecule has 0 aromatic rings. The molecular weight excluding hydrogens is 508 g/mol. The molecule has 0 spiro atoms. The molecule has 0 radical (unpaired) electrons. The van der Waals surface area contributed by atoms with Gasteiger partial charge in [0.05, 0.1) is 8.96 Å². The van der Waals surface area contributed by atoms with Crippen LogP contribution in [0, 0.1) is 0 Å². The fraction of sp³-hybridized carbons (Fsp3) is 0.588. The van der Waals surface area contributed by atoms with Crippen molar-refractivity contribution in [3.63, 3.8) is 0 Å². The van der Waals surface area contributed by atoms with Crippen molar-refractivity contribution < 1.29 is 19.1 Å². The molecule has 0 N–H and O–H groups in total. The minimum Gasteiger partial charge on any atom is -0.421 e. The lowest BCUT2D eigenvalue weighted by Crippen LogP contribution is -2.21. The molecule has 24 heavy (non-hydrogen) atoms. The highest BCUT2D eigenvalue weighted by atomic mass is 79.9. The van der Waals surface area contributed by atoms with Crippen molar-refractivity contribution in [1.82, 2.24) is 0 Å². The number of carbonyl (C=O) groups excluding carboxylic acids is 3. The van der Waals surface area contributed by atoms with Gasteiger partial charge in [0.2, 0.25) is 11.6 Å². The van der Waals surface area contributed by atoms with E-state index in [9.17, 15) is 14.4 Å². The van der Waals surface area contributed by atoms with E-state index in [4.69, 9.17) is 4.74 Å². The Morgan fingerprint density at radius 3 is 1.88 bits per heavy atom. The number of ether oxygens (including phenoxy) is 1. The van der Waals surface area contributed by atoms with E-state index in [2.05, 4.69) is 54.7 Å². The first-order valence-electron chi connectivity index (χ1n) is 8.15. The number of ketones is 2. The topological polar surface area (TPSA) is 60.4 Å². The number of rotatable bonds is 10. The second-order valence-corrected chi connectivity index (χ2v) is 8.01. The van der Waals surface area contributed by atoms with E-state index in [0.717, 1.165) is 19.3 Å². The first kappa shape index (κ1) is 21.8. The molecule has 1 rings (SSSR count). The summed E-state index contributed by atoms with van der Waals surface area (Å²) >= 11 is 9.09. The zero-order chi connectivity index (χ0) is 18.1. The number of hydrogen-bond donors (Lipinski definition) is 0. The predicted octanol–water partition coefficient (Wildman–Crippen LogP) is 5.82. The summed E-state index contributed by atoms with van der Waals surface area (Å²) in [7, 11) is 0. The first-order chi connectivity index (χ1) is 11.4. The molecule has 0 heterocycles. The number of unbranched alkanes of at least 4 members (excludes halogenated alkanes) is 7. The van der Waals surface area contributed by atoms with Crippen LogP contribution in [0.1, 0.15) is 64.7 Å². The Labute approximate surface area is 167 Å². The summed E-state index contributed by atoms with van der Waals surface area (Å²) in [5.74, 6) is -1.71. The molecule has 7 heteroatoms. The molecular formula is C17H21Br3O4. The summed E-state index contributed by atoms with van der Waals surface area (Å²) in [4.78, 5) is 35.9. The Morgan fingerprint density at radius 1 is 0.792 bits per heavy atom. The number of allylic oxidation sites excluding steroid dienone is 3. The van der Waals surface area contributed by atoms with Crippen LogP contribution >= 0.6 is 47.8 Å². The molecule has 0 saturated heterocycles. The largest absolute Gasteiger partial charge is 0.421 e. The summed E-state index contributed by atoms with van der Waals surface area (Å²) in [5, 5.41) is 0. The fourth-order valence-electron chi connectivity index (χ4n) is 2.26. The minimum atomic E-state index is -0.530. The van der Waals surface area contributed by atoms with Crippen LogP contribution in [0.4, 0.5) is 0 Å². The normalized spacial score (nSPS) is 15.3. The van der Waals surface area contributed by atoms with Crippen LogP contribution in [0.15, 0.2) is 19.2 Å². The maximum absolute atomic E-state index is 12.1. The van der Waals surface area contributed by atoms with Crippen LogP contribution in [0.3, 0.4) is 0 Å². The van der Waals surface area contributed by atoms with Crippen LogP contribution in [-0.2, 0) is 19.1 Å². The molecule has 0 amide bonds. The Kier molecular flexibility index (Phi) is 10.3.